The molecule has 0 radical (unpaired) electrons. The van der Waals surface area contributed by atoms with Gasteiger partial charge in [0.2, 0.25) is 0 Å². The van der Waals surface area contributed by atoms with E-state index in [1.165, 1.54) is 0 Å². The Morgan fingerprint density at radius 1 is 1.56 bits per heavy atom. The minimum absolute atomic E-state index is 0.0370. The summed E-state index contributed by atoms with van der Waals surface area (Å²) in [5.41, 5.74) is 0.488. The number of aryl methyl sites for hydroxylation is 1. The number of hydrogen-bond donors (Lipinski definition) is 0. The van der Waals surface area contributed by atoms with E-state index in [1.807, 2.05) is 49.4 Å². The molecule has 0 bridgehead atoms. The number of amides is 1. The maximum absolute atomic E-state index is 12.6. The van der Waals surface area contributed by atoms with Crippen molar-refractivity contribution in [2.24, 2.45) is 0 Å². The van der Waals surface area contributed by atoms with E-state index in [0.29, 0.717) is 12.2 Å². The Labute approximate surface area is 118 Å². The van der Waals surface area contributed by atoms with Gasteiger partial charge in [0.1, 0.15) is 5.69 Å². The normalized spacial score (nSPS) is 11.4. The van der Waals surface area contributed by atoms with Crippen LogP contribution in [0.3, 0.4) is 0 Å². The van der Waals surface area contributed by atoms with Crippen LogP contribution < -0.4 is 0 Å². The molecule has 1 aromatic rings. The molecule has 18 heavy (non-hydrogen) atoms. The van der Waals surface area contributed by atoms with E-state index in [9.17, 15) is 4.79 Å². The van der Waals surface area contributed by atoms with Gasteiger partial charge in [-0.25, -0.2) is 0 Å². The lowest BCUT2D eigenvalue weighted by atomic mass is 10.1. The van der Waals surface area contributed by atoms with E-state index >= 15 is 0 Å². The van der Waals surface area contributed by atoms with Gasteiger partial charge >= 0.3 is 0 Å². The average Bonchev–Trinajstić information content (AvgIpc) is 2.65. The number of aromatic nitrogens is 1. The van der Waals surface area contributed by atoms with Crippen LogP contribution in [0.2, 0.25) is 0 Å². The van der Waals surface area contributed by atoms with Gasteiger partial charge in [-0.1, -0.05) is 6.08 Å². The van der Waals surface area contributed by atoms with Crippen molar-refractivity contribution in [1.29, 1.82) is 0 Å². The Morgan fingerprint density at radius 3 is 2.61 bits per heavy atom. The van der Waals surface area contributed by atoms with Gasteiger partial charge in [0.05, 0.1) is 0 Å². The molecule has 0 fully saturated rings. The maximum atomic E-state index is 12.6. The van der Waals surface area contributed by atoms with Crippen molar-refractivity contribution in [3.63, 3.8) is 0 Å². The molecule has 100 valence electrons. The zero-order chi connectivity index (χ0) is 13.9. The SMILES string of the molecule is C=CCN(C(=O)c1cc(Br)cn1CC)C(C)(C)C. The molecule has 3 nitrogen and oxygen atoms in total. The number of hydrogen-bond acceptors (Lipinski definition) is 1. The molecule has 1 heterocycles. The zero-order valence-corrected chi connectivity index (χ0v) is 13.1. The minimum Gasteiger partial charge on any atom is -0.343 e. The highest BCUT2D eigenvalue weighted by Crippen LogP contribution is 2.21. The van der Waals surface area contributed by atoms with Gasteiger partial charge in [0.15, 0.2) is 0 Å². The molecule has 0 aliphatic rings. The highest BCUT2D eigenvalue weighted by Gasteiger charge is 2.28. The molecule has 1 aromatic heterocycles. The highest BCUT2D eigenvalue weighted by atomic mass is 79.9. The summed E-state index contributed by atoms with van der Waals surface area (Å²) in [7, 11) is 0. The molecule has 0 aromatic carbocycles. The van der Waals surface area contributed by atoms with E-state index in [4.69, 9.17) is 0 Å². The van der Waals surface area contributed by atoms with Gasteiger partial charge in [-0.3, -0.25) is 4.79 Å². The number of rotatable bonds is 4. The fourth-order valence-corrected chi connectivity index (χ4v) is 2.31. The van der Waals surface area contributed by atoms with Gasteiger partial charge in [-0.15, -0.1) is 6.58 Å². The fourth-order valence-electron chi connectivity index (χ4n) is 1.84. The predicted octanol–water partition coefficient (Wildman–Crippen LogP) is 3.70. The molecular formula is C14H21BrN2O. The second kappa shape index (κ2) is 5.74. The number of halogens is 1. The Morgan fingerprint density at radius 2 is 2.17 bits per heavy atom. The van der Waals surface area contributed by atoms with Crippen molar-refractivity contribution in [3.05, 3.63) is 35.1 Å². The minimum atomic E-state index is -0.222. The van der Waals surface area contributed by atoms with Crippen molar-refractivity contribution >= 4 is 21.8 Å². The Hall–Kier alpha value is -1.03. The van der Waals surface area contributed by atoms with Crippen molar-refractivity contribution in [1.82, 2.24) is 9.47 Å². The molecule has 0 spiro atoms. The summed E-state index contributed by atoms with van der Waals surface area (Å²) in [6, 6.07) is 1.87. The number of nitrogens with zero attached hydrogens (tertiary/aromatic N) is 2. The maximum Gasteiger partial charge on any atom is 0.271 e. The molecular weight excluding hydrogens is 292 g/mol. The summed E-state index contributed by atoms with van der Waals surface area (Å²) in [6.07, 6.45) is 3.69. The van der Waals surface area contributed by atoms with Crippen LogP contribution in [0.1, 0.15) is 38.2 Å². The molecule has 0 aliphatic heterocycles. The topological polar surface area (TPSA) is 25.2 Å². The van der Waals surface area contributed by atoms with E-state index in [-0.39, 0.29) is 11.4 Å². The molecule has 1 amide bonds. The van der Waals surface area contributed by atoms with Crippen LogP contribution in [0.15, 0.2) is 29.4 Å². The van der Waals surface area contributed by atoms with Crippen molar-refractivity contribution in [2.75, 3.05) is 6.54 Å². The average molecular weight is 313 g/mol. The lowest BCUT2D eigenvalue weighted by molar-refractivity contribution is 0.0605. The summed E-state index contributed by atoms with van der Waals surface area (Å²) < 4.78 is 2.88. The van der Waals surface area contributed by atoms with Crippen LogP contribution in [-0.4, -0.2) is 27.5 Å². The largest absolute Gasteiger partial charge is 0.343 e. The van der Waals surface area contributed by atoms with Crippen LogP contribution in [0.5, 0.6) is 0 Å². The van der Waals surface area contributed by atoms with E-state index in [2.05, 4.69) is 22.5 Å². The molecule has 1 rings (SSSR count). The zero-order valence-electron chi connectivity index (χ0n) is 11.5. The smallest absolute Gasteiger partial charge is 0.271 e. The van der Waals surface area contributed by atoms with Crippen molar-refractivity contribution < 1.29 is 4.79 Å². The fraction of sp³-hybridized carbons (Fsp3) is 0.500. The van der Waals surface area contributed by atoms with Gasteiger partial charge in [0.25, 0.3) is 5.91 Å². The van der Waals surface area contributed by atoms with Crippen LogP contribution >= 0.6 is 15.9 Å². The van der Waals surface area contributed by atoms with Crippen LogP contribution in [0.25, 0.3) is 0 Å². The molecule has 0 atom stereocenters. The van der Waals surface area contributed by atoms with Crippen LogP contribution in [-0.2, 0) is 6.54 Å². The molecule has 0 N–H and O–H groups in total. The van der Waals surface area contributed by atoms with Crippen molar-refractivity contribution in [3.8, 4) is 0 Å². The second-order valence-corrected chi connectivity index (χ2v) is 6.12. The summed E-state index contributed by atoms with van der Waals surface area (Å²) in [6.45, 7) is 13.2. The number of carbonyl (C=O) groups is 1. The first-order chi connectivity index (χ1) is 8.31. The van der Waals surface area contributed by atoms with Gasteiger partial charge in [-0.05, 0) is 49.7 Å². The summed E-state index contributed by atoms with van der Waals surface area (Å²) in [5, 5.41) is 0. The van der Waals surface area contributed by atoms with Crippen LogP contribution in [0.4, 0.5) is 0 Å². The Kier molecular flexibility index (Phi) is 4.79. The monoisotopic (exact) mass is 312 g/mol. The lowest BCUT2D eigenvalue weighted by Gasteiger charge is -2.35. The van der Waals surface area contributed by atoms with Gasteiger partial charge in [0, 0.05) is 29.3 Å². The quantitative estimate of drug-likeness (QED) is 0.778. The first kappa shape index (κ1) is 15.0. The third kappa shape index (κ3) is 3.25. The standard InChI is InChI=1S/C14H21BrN2O/c1-6-8-17(14(3,4)5)13(18)12-9-11(15)10-16(12)7-2/h6,9-10H,1,7-8H2,2-5H3. The van der Waals surface area contributed by atoms with Gasteiger partial charge < -0.3 is 9.47 Å². The molecule has 0 saturated carbocycles. The third-order valence-corrected chi connectivity index (χ3v) is 3.22. The van der Waals surface area contributed by atoms with E-state index in [1.54, 1.807) is 6.08 Å². The van der Waals surface area contributed by atoms with Crippen LogP contribution in [0, 0.1) is 0 Å². The Bertz CT molecular complexity index is 443. The second-order valence-electron chi connectivity index (χ2n) is 5.20. The molecule has 4 heteroatoms. The first-order valence-electron chi connectivity index (χ1n) is 6.09. The molecule has 0 unspecified atom stereocenters. The first-order valence-corrected chi connectivity index (χ1v) is 6.89. The Balaban J connectivity index is 3.13. The lowest BCUT2D eigenvalue weighted by Crippen LogP contribution is -2.46. The van der Waals surface area contributed by atoms with Gasteiger partial charge in [-0.2, -0.15) is 0 Å². The molecule has 0 saturated heterocycles. The number of carbonyl (C=O) groups excluding carboxylic acids is 1. The summed E-state index contributed by atoms with van der Waals surface area (Å²) in [4.78, 5) is 14.4. The van der Waals surface area contributed by atoms with E-state index in [0.717, 1.165) is 11.0 Å². The predicted molar refractivity (Wildman–Crippen MR) is 78.8 cm³/mol. The van der Waals surface area contributed by atoms with Crippen molar-refractivity contribution in [2.45, 2.75) is 39.8 Å². The highest BCUT2D eigenvalue weighted by molar-refractivity contribution is 9.10. The summed E-state index contributed by atoms with van der Waals surface area (Å²) >= 11 is 3.42. The van der Waals surface area contributed by atoms with E-state index < -0.39 is 0 Å². The summed E-state index contributed by atoms with van der Waals surface area (Å²) in [5.74, 6) is 0.0370. The third-order valence-electron chi connectivity index (χ3n) is 2.79. The molecule has 0 aliphatic carbocycles.